The number of aliphatic hydroxyl groups excluding tert-OH is 6. The number of benzene rings is 3. The Hall–Kier alpha value is -7.22. The number of unbranched alkanes of at least 4 members (excludes halogenated alkanes) is 4. The second-order valence-corrected chi connectivity index (χ2v) is 27.5. The number of piperidine rings is 1. The van der Waals surface area contributed by atoms with Gasteiger partial charge in [-0.2, -0.15) is 0 Å². The summed E-state index contributed by atoms with van der Waals surface area (Å²) in [6.45, 7) is 4.39. The predicted octanol–water partition coefficient (Wildman–Crippen LogP) is 0.0836. The molecule has 0 unspecified atom stereocenters. The maximum absolute atomic E-state index is 15.2. The number of aromatic nitrogens is 2. The number of nitrogens with one attached hydrogen (secondary N) is 6. The minimum absolute atomic E-state index is 0.0277. The van der Waals surface area contributed by atoms with Crippen molar-refractivity contribution in [3.05, 3.63) is 77.9 Å². The molecule has 14 N–H and O–H groups in total. The number of carbonyl (C=O) groups excluding carboxylic acids is 7. The van der Waals surface area contributed by atoms with Gasteiger partial charge in [-0.3, -0.25) is 33.6 Å². The third-order valence-corrected chi connectivity index (χ3v) is 19.5. The number of rotatable bonds is 26. The third kappa shape index (κ3) is 20.9. The predicted molar refractivity (Wildman–Crippen MR) is 355 cm³/mol. The lowest BCUT2D eigenvalue weighted by atomic mass is 9.98. The van der Waals surface area contributed by atoms with E-state index in [2.05, 4.69) is 65.6 Å². The van der Waals surface area contributed by atoms with Gasteiger partial charge in [0.2, 0.25) is 35.4 Å². The van der Waals surface area contributed by atoms with Crippen LogP contribution in [0.5, 0.6) is 17.2 Å². The topological polar surface area (TPSA) is 432 Å². The molecular weight excluding hydrogens is 1320 g/mol. The quantitative estimate of drug-likeness (QED) is 0.0130. The van der Waals surface area contributed by atoms with E-state index in [1.54, 1.807) is 26.2 Å². The third-order valence-electron chi connectivity index (χ3n) is 18.1. The first kappa shape index (κ1) is 76.5. The van der Waals surface area contributed by atoms with E-state index >= 15 is 9.59 Å². The highest BCUT2D eigenvalue weighted by atomic mass is 32.2. The van der Waals surface area contributed by atoms with Crippen LogP contribution < -0.4 is 40.8 Å². The van der Waals surface area contributed by atoms with Gasteiger partial charge in [-0.05, 0) is 86.8 Å². The number of fused-ring (bicyclic) bond motifs is 2. The summed E-state index contributed by atoms with van der Waals surface area (Å²) >= 11 is 1.40. The molecule has 13 atom stereocenters. The molecule has 4 aromatic rings. The van der Waals surface area contributed by atoms with E-state index in [1.807, 2.05) is 24.3 Å². The molecule has 4 aliphatic rings. The smallest absolute Gasteiger partial charge is 0.261 e. The summed E-state index contributed by atoms with van der Waals surface area (Å²) in [5.41, 5.74) is 1.58. The van der Waals surface area contributed by atoms with Crippen LogP contribution >= 0.6 is 23.7 Å². The lowest BCUT2D eigenvalue weighted by Crippen LogP contribution is -2.64. The van der Waals surface area contributed by atoms with E-state index in [0.29, 0.717) is 22.2 Å². The van der Waals surface area contributed by atoms with E-state index < -0.39 is 158 Å². The SMILES string of the molecule is COCCCCCCCOc1ccc(-c2nnc(-c3ccc(C(=O)N[C@H]4C[C@H](O)CNC(=O)[C@@H]5[C@@H](O)[C@H](C)CN5C(=O)[C@H]([C@H](O)CCNC5CC[N+](C)(C)CC5)NC(=O)[C@H]([C@H](O)Cc5ccc(O)c(OSOOO)c5)NC(=O)[C@@H]5C[C@H](O)CN5C(=O)[C@H]([C@H](C)O)NC4=O)cc3)s2)cc1. The number of hydrogen-bond donors (Lipinski definition) is 14. The van der Waals surface area contributed by atoms with Crippen LogP contribution in [0.4, 0.5) is 0 Å². The summed E-state index contributed by atoms with van der Waals surface area (Å²) in [4.78, 5) is 105. The van der Waals surface area contributed by atoms with Crippen LogP contribution in [0, 0.1) is 5.92 Å². The largest absolute Gasteiger partial charge is 0.504 e. The number of nitrogens with zero attached hydrogens (tertiary/aromatic N) is 5. The van der Waals surface area contributed by atoms with Crippen LogP contribution in [0.3, 0.4) is 0 Å². The molecular formula is C65H92N11O20S2+. The normalized spacial score (nSPS) is 25.6. The van der Waals surface area contributed by atoms with Gasteiger partial charge >= 0.3 is 0 Å². The van der Waals surface area contributed by atoms with Gasteiger partial charge in [-0.15, -0.1) is 10.2 Å². The Balaban J connectivity index is 1.06. The van der Waals surface area contributed by atoms with Crippen LogP contribution in [-0.2, 0) is 49.3 Å². The molecule has 0 spiro atoms. The first-order valence-corrected chi connectivity index (χ1v) is 34.4. The summed E-state index contributed by atoms with van der Waals surface area (Å²) in [6.07, 6.45) is -5.14. The van der Waals surface area contributed by atoms with Crippen molar-refractivity contribution < 1.29 is 102 Å². The number of aromatic hydroxyl groups is 1. The van der Waals surface area contributed by atoms with E-state index in [1.165, 1.54) is 35.6 Å². The number of quaternary nitrogens is 1. The summed E-state index contributed by atoms with van der Waals surface area (Å²) < 4.78 is 21.3. The molecule has 4 fully saturated rings. The van der Waals surface area contributed by atoms with Crippen molar-refractivity contribution >= 4 is 65.0 Å². The van der Waals surface area contributed by atoms with Crippen LogP contribution in [0.1, 0.15) is 94.0 Å². The van der Waals surface area contributed by atoms with Crippen LogP contribution in [0.2, 0.25) is 0 Å². The molecule has 5 heterocycles. The zero-order chi connectivity index (χ0) is 70.8. The first-order chi connectivity index (χ1) is 46.8. The first-order valence-electron chi connectivity index (χ1n) is 32.9. The van der Waals surface area contributed by atoms with Crippen molar-refractivity contribution in [3.8, 4) is 38.4 Å². The number of phenols is 1. The Morgan fingerprint density at radius 3 is 2.05 bits per heavy atom. The van der Waals surface area contributed by atoms with Crippen LogP contribution in [-0.4, -0.2) is 259 Å². The number of likely N-dealkylation sites (tertiary alicyclic amines) is 1. The highest BCUT2D eigenvalue weighted by Crippen LogP contribution is 2.34. The van der Waals surface area contributed by atoms with E-state index in [4.69, 9.17) is 18.9 Å². The maximum atomic E-state index is 15.2. The molecule has 4 aliphatic heterocycles. The second-order valence-electron chi connectivity index (χ2n) is 26.1. The molecule has 31 nitrogen and oxygen atoms in total. The fourth-order valence-electron chi connectivity index (χ4n) is 12.4. The van der Waals surface area contributed by atoms with E-state index in [-0.39, 0.29) is 54.8 Å². The van der Waals surface area contributed by atoms with Gasteiger partial charge in [0.25, 0.3) is 18.2 Å². The van der Waals surface area contributed by atoms with Crippen molar-refractivity contribution in [1.82, 2.24) is 51.9 Å². The van der Waals surface area contributed by atoms with E-state index in [9.17, 15) is 59.7 Å². The average molecular weight is 1410 g/mol. The number of phenolic OH excluding ortho intramolecular Hbond substituents is 1. The van der Waals surface area contributed by atoms with Crippen molar-refractivity contribution in [2.75, 3.05) is 73.7 Å². The molecule has 0 bridgehead atoms. The molecule has 3 aromatic carbocycles. The van der Waals surface area contributed by atoms with Gasteiger partial charge in [-0.25, -0.2) is 5.26 Å². The lowest BCUT2D eigenvalue weighted by molar-refractivity contribution is -0.895. The highest BCUT2D eigenvalue weighted by molar-refractivity contribution is 7.90. The monoisotopic (exact) mass is 1410 g/mol. The summed E-state index contributed by atoms with van der Waals surface area (Å²) in [7, 11) is 5.92. The molecule has 538 valence electrons. The maximum Gasteiger partial charge on any atom is 0.261 e. The molecule has 0 radical (unpaired) electrons. The number of aliphatic hydroxyl groups is 6. The van der Waals surface area contributed by atoms with E-state index in [0.717, 1.165) is 103 Å². The number of amides is 7. The average Bonchev–Trinajstić information content (AvgIpc) is 1.63. The second kappa shape index (κ2) is 36.2. The van der Waals surface area contributed by atoms with Gasteiger partial charge < -0.3 is 95.6 Å². The van der Waals surface area contributed by atoms with Crippen molar-refractivity contribution in [2.45, 2.75) is 163 Å². The Labute approximate surface area is 575 Å². The molecule has 1 aromatic heterocycles. The molecule has 7 amide bonds. The summed E-state index contributed by atoms with van der Waals surface area (Å²) in [5, 5.41) is 118. The molecule has 98 heavy (non-hydrogen) atoms. The Morgan fingerprint density at radius 1 is 0.755 bits per heavy atom. The van der Waals surface area contributed by atoms with Crippen molar-refractivity contribution in [3.63, 3.8) is 0 Å². The minimum Gasteiger partial charge on any atom is -0.504 e. The number of methoxy groups -OCH3 is 1. The van der Waals surface area contributed by atoms with Gasteiger partial charge in [0.15, 0.2) is 11.5 Å². The van der Waals surface area contributed by atoms with Gasteiger partial charge in [0.1, 0.15) is 52.0 Å². The summed E-state index contributed by atoms with van der Waals surface area (Å²) in [6, 6.07) is 6.27. The standard InChI is InChI=1S/C65H91N11O20S2/c1-36-34-75-55(56(36)83)61(88)67-33-43(78)31-46(68-57(84)39-12-14-40(15-13-39)62-72-73-63(97-62)41-16-18-45(19-17-41)93-28-10-8-6-7-9-27-92-5)58(85)69-52(37(2)77)64(89)74-35-44(79)32-47(74)59(86)70-53(50(82)29-38-11-20-48(80)51(30-38)94-98-96-95-91)60(87)71-54(65(75)90)49(81)21-24-66-42-22-25-76(3,4)26-23-42/h11-20,30,36-37,42-44,46-47,49-50,52-56,66,77-79,81-83H,6-10,21-29,31-35H2,1-5H3,(H6-,67,68,69,70,71,80,84,85,86,87,88,91)/p+1/t36-,37+,43+,44+,46+,47+,49-,50-,52+,53+,54+,55+,56+/m1/s1. The highest BCUT2D eigenvalue weighted by Gasteiger charge is 2.50. The molecule has 0 saturated carbocycles. The molecule has 0 aliphatic carbocycles. The number of carbonyl (C=O) groups is 7. The lowest BCUT2D eigenvalue weighted by Gasteiger charge is -2.37. The number of ether oxygens (including phenoxy) is 2. The Kier molecular flexibility index (Phi) is 28.3. The number of β-amino-alcohol motifs (C(OH)–C–C–N with tert-alkyl or cyclic N) is 1. The van der Waals surface area contributed by atoms with Gasteiger partial charge in [0, 0.05) is 94.1 Å². The molecule has 33 heteroatoms. The van der Waals surface area contributed by atoms with Gasteiger partial charge in [-0.1, -0.05) is 65.1 Å². The minimum atomic E-state index is -2.10. The fourth-order valence-corrected chi connectivity index (χ4v) is 13.5. The number of hydrogen-bond acceptors (Lipinski definition) is 25. The Bertz CT molecular complexity index is 3310. The molecule has 8 rings (SSSR count). The van der Waals surface area contributed by atoms with Gasteiger partial charge in [0.05, 0.1) is 70.4 Å². The fraction of sp³-hybridized carbons (Fsp3) is 0.585. The van der Waals surface area contributed by atoms with Crippen LogP contribution in [0.25, 0.3) is 21.1 Å². The van der Waals surface area contributed by atoms with Crippen molar-refractivity contribution in [1.29, 1.82) is 0 Å². The van der Waals surface area contributed by atoms with Crippen LogP contribution in [0.15, 0.2) is 66.7 Å². The zero-order valence-corrected chi connectivity index (χ0v) is 57.0. The summed E-state index contributed by atoms with van der Waals surface area (Å²) in [5.74, 6) is -8.41. The molecule has 4 saturated heterocycles. The van der Waals surface area contributed by atoms with Crippen molar-refractivity contribution in [2.24, 2.45) is 5.92 Å². The Morgan fingerprint density at radius 2 is 1.39 bits per heavy atom. The zero-order valence-electron chi connectivity index (χ0n) is 55.4.